The Morgan fingerprint density at radius 3 is 2.92 bits per heavy atom. The lowest BCUT2D eigenvalue weighted by Gasteiger charge is -2.27. The van der Waals surface area contributed by atoms with Crippen molar-refractivity contribution in [1.82, 2.24) is 15.6 Å². The van der Waals surface area contributed by atoms with Gasteiger partial charge < -0.3 is 25.2 Å². The minimum absolute atomic E-state index is 0. The van der Waals surface area contributed by atoms with E-state index in [0.717, 1.165) is 19.4 Å². The summed E-state index contributed by atoms with van der Waals surface area (Å²) in [7, 11) is 1.72. The number of pyridine rings is 1. The Bertz CT molecular complexity index is 525. The molecule has 0 bridgehead atoms. The van der Waals surface area contributed by atoms with E-state index in [1.165, 1.54) is 0 Å². The molecule has 2 rings (SSSR count). The van der Waals surface area contributed by atoms with Crippen molar-refractivity contribution in [2.24, 2.45) is 10.4 Å². The number of guanidine groups is 1. The highest BCUT2D eigenvalue weighted by Crippen LogP contribution is 2.31. The van der Waals surface area contributed by atoms with Gasteiger partial charge in [0.15, 0.2) is 5.96 Å². The second-order valence-electron chi connectivity index (χ2n) is 5.79. The first-order valence-corrected chi connectivity index (χ1v) is 8.43. The van der Waals surface area contributed by atoms with E-state index in [1.807, 2.05) is 0 Å². The van der Waals surface area contributed by atoms with Crippen LogP contribution in [0.25, 0.3) is 0 Å². The molecule has 1 aliphatic heterocycles. The highest BCUT2D eigenvalue weighted by Gasteiger charge is 2.34. The molecule has 0 amide bonds. The Balaban J connectivity index is 0.00000312. The number of aromatic nitrogens is 1. The minimum atomic E-state index is -0.0178. The molecule has 3 N–H and O–H groups in total. The summed E-state index contributed by atoms with van der Waals surface area (Å²) in [5.74, 6) is 1.24. The second-order valence-corrected chi connectivity index (χ2v) is 6.23. The average Bonchev–Trinajstić information content (AvgIpc) is 3.05. The SMILES string of the molecule is CN=C(NCCOc1ccc(Cl)cn1)NCC1(CCO)CCOC1.I. The standard InChI is InChI=1S/C16H25ClN4O3.HI/c1-18-15(21-11-16(4-7-22)5-8-23-12-16)19-6-9-24-14-3-2-13(17)10-20-14;/h2-3,10,22H,4-9,11-12H2,1H3,(H2,18,19,21);1H. The molecule has 1 aliphatic rings. The van der Waals surface area contributed by atoms with Crippen molar-refractivity contribution in [3.05, 3.63) is 23.4 Å². The smallest absolute Gasteiger partial charge is 0.213 e. The third-order valence-corrected chi connectivity index (χ3v) is 4.25. The molecule has 0 spiro atoms. The van der Waals surface area contributed by atoms with Crippen LogP contribution in [0.3, 0.4) is 0 Å². The fourth-order valence-corrected chi connectivity index (χ4v) is 2.69. The van der Waals surface area contributed by atoms with E-state index in [0.29, 0.717) is 43.2 Å². The zero-order valence-corrected chi connectivity index (χ0v) is 17.4. The van der Waals surface area contributed by atoms with Gasteiger partial charge in [-0.3, -0.25) is 4.99 Å². The Kier molecular flexibility index (Phi) is 10.4. The van der Waals surface area contributed by atoms with Gasteiger partial charge in [0.1, 0.15) is 6.61 Å². The lowest BCUT2D eigenvalue weighted by Crippen LogP contribution is -2.45. The molecule has 9 heteroatoms. The summed E-state index contributed by atoms with van der Waals surface area (Å²) >= 11 is 5.78. The first kappa shape index (κ1) is 22.2. The number of hydrogen-bond acceptors (Lipinski definition) is 5. The number of nitrogens with zero attached hydrogens (tertiary/aromatic N) is 2. The number of aliphatic imine (C=N–C) groups is 1. The highest BCUT2D eigenvalue weighted by molar-refractivity contribution is 14.0. The lowest BCUT2D eigenvalue weighted by molar-refractivity contribution is 0.127. The maximum Gasteiger partial charge on any atom is 0.213 e. The normalized spacial score (nSPS) is 20.0. The van der Waals surface area contributed by atoms with Crippen molar-refractivity contribution in [1.29, 1.82) is 0 Å². The molecule has 25 heavy (non-hydrogen) atoms. The van der Waals surface area contributed by atoms with Crippen LogP contribution in [0, 0.1) is 5.41 Å². The molecular formula is C16H26ClIN4O3. The molecule has 7 nitrogen and oxygen atoms in total. The molecule has 1 atom stereocenters. The van der Waals surface area contributed by atoms with Crippen molar-refractivity contribution < 1.29 is 14.6 Å². The van der Waals surface area contributed by atoms with Crippen LogP contribution >= 0.6 is 35.6 Å². The molecule has 1 aromatic heterocycles. The summed E-state index contributed by atoms with van der Waals surface area (Å²) < 4.78 is 11.0. The molecule has 2 heterocycles. The van der Waals surface area contributed by atoms with Crippen molar-refractivity contribution in [3.8, 4) is 5.88 Å². The fourth-order valence-electron chi connectivity index (χ4n) is 2.58. The molecule has 1 saturated heterocycles. The predicted molar refractivity (Wildman–Crippen MR) is 109 cm³/mol. The summed E-state index contributed by atoms with van der Waals surface area (Å²) in [6.45, 7) is 3.35. The molecular weight excluding hydrogens is 459 g/mol. The van der Waals surface area contributed by atoms with Crippen molar-refractivity contribution in [2.75, 3.05) is 46.6 Å². The quantitative estimate of drug-likeness (QED) is 0.225. The van der Waals surface area contributed by atoms with Gasteiger partial charge in [0, 0.05) is 44.5 Å². The zero-order valence-electron chi connectivity index (χ0n) is 14.3. The Labute approximate surface area is 170 Å². The molecule has 1 unspecified atom stereocenters. The van der Waals surface area contributed by atoms with Crippen molar-refractivity contribution in [3.63, 3.8) is 0 Å². The Hall–Kier alpha value is -0.840. The van der Waals surface area contributed by atoms with Gasteiger partial charge in [-0.05, 0) is 18.9 Å². The van der Waals surface area contributed by atoms with Crippen LogP contribution in [0.15, 0.2) is 23.3 Å². The van der Waals surface area contributed by atoms with E-state index in [2.05, 4.69) is 20.6 Å². The Morgan fingerprint density at radius 2 is 2.32 bits per heavy atom. The van der Waals surface area contributed by atoms with Crippen LogP contribution in [-0.2, 0) is 4.74 Å². The van der Waals surface area contributed by atoms with Crippen LogP contribution in [-0.4, -0.2) is 62.6 Å². The molecule has 0 aliphatic carbocycles. The summed E-state index contributed by atoms with van der Waals surface area (Å²) in [6.07, 6.45) is 3.22. The zero-order chi connectivity index (χ0) is 17.3. The number of rotatable bonds is 8. The molecule has 0 saturated carbocycles. The second kappa shape index (κ2) is 11.7. The van der Waals surface area contributed by atoms with E-state index in [1.54, 1.807) is 25.4 Å². The number of ether oxygens (including phenoxy) is 2. The fraction of sp³-hybridized carbons (Fsp3) is 0.625. The van der Waals surface area contributed by atoms with Crippen molar-refractivity contribution >= 4 is 41.5 Å². The van der Waals surface area contributed by atoms with Crippen LogP contribution in [0.1, 0.15) is 12.8 Å². The molecule has 0 aromatic carbocycles. The molecule has 142 valence electrons. The largest absolute Gasteiger partial charge is 0.476 e. The van der Waals surface area contributed by atoms with E-state index in [9.17, 15) is 5.11 Å². The van der Waals surface area contributed by atoms with Crippen LogP contribution in [0.4, 0.5) is 0 Å². The topological polar surface area (TPSA) is 88.0 Å². The van der Waals surface area contributed by atoms with Gasteiger partial charge in [-0.25, -0.2) is 4.98 Å². The number of nitrogens with one attached hydrogen (secondary N) is 2. The van der Waals surface area contributed by atoms with Crippen LogP contribution in [0.5, 0.6) is 5.88 Å². The van der Waals surface area contributed by atoms with Crippen LogP contribution < -0.4 is 15.4 Å². The summed E-state index contributed by atoms with van der Waals surface area (Å²) in [6, 6.07) is 3.47. The number of hydrogen-bond donors (Lipinski definition) is 3. The molecule has 0 radical (unpaired) electrons. The molecule has 1 fully saturated rings. The van der Waals surface area contributed by atoms with Gasteiger partial charge in [0.05, 0.1) is 18.2 Å². The summed E-state index contributed by atoms with van der Waals surface area (Å²) in [5.41, 5.74) is -0.0178. The maximum absolute atomic E-state index is 9.25. The third-order valence-electron chi connectivity index (χ3n) is 4.03. The van der Waals surface area contributed by atoms with E-state index >= 15 is 0 Å². The van der Waals surface area contributed by atoms with Gasteiger partial charge in [0.25, 0.3) is 0 Å². The number of aliphatic hydroxyl groups excluding tert-OH is 1. The van der Waals surface area contributed by atoms with Gasteiger partial charge >= 0.3 is 0 Å². The van der Waals surface area contributed by atoms with E-state index in [4.69, 9.17) is 21.1 Å². The minimum Gasteiger partial charge on any atom is -0.476 e. The number of halogens is 2. The van der Waals surface area contributed by atoms with Crippen molar-refractivity contribution in [2.45, 2.75) is 12.8 Å². The van der Waals surface area contributed by atoms with Gasteiger partial charge in [0.2, 0.25) is 5.88 Å². The lowest BCUT2D eigenvalue weighted by atomic mass is 9.84. The highest BCUT2D eigenvalue weighted by atomic mass is 127. The maximum atomic E-state index is 9.25. The molecule has 1 aromatic rings. The first-order chi connectivity index (χ1) is 11.7. The average molecular weight is 485 g/mol. The predicted octanol–water partition coefficient (Wildman–Crippen LogP) is 1.69. The van der Waals surface area contributed by atoms with E-state index in [-0.39, 0.29) is 36.0 Å². The summed E-state index contributed by atoms with van der Waals surface area (Å²) in [4.78, 5) is 8.27. The van der Waals surface area contributed by atoms with Crippen LogP contribution in [0.2, 0.25) is 5.02 Å². The van der Waals surface area contributed by atoms with Gasteiger partial charge in [-0.2, -0.15) is 0 Å². The number of aliphatic hydroxyl groups is 1. The monoisotopic (exact) mass is 484 g/mol. The van der Waals surface area contributed by atoms with E-state index < -0.39 is 0 Å². The summed E-state index contributed by atoms with van der Waals surface area (Å²) in [5, 5.41) is 16.3. The Morgan fingerprint density at radius 1 is 1.48 bits per heavy atom. The third kappa shape index (κ3) is 7.51. The first-order valence-electron chi connectivity index (χ1n) is 8.05. The van der Waals surface area contributed by atoms with Gasteiger partial charge in [-0.1, -0.05) is 11.6 Å². The van der Waals surface area contributed by atoms with Gasteiger partial charge in [-0.15, -0.1) is 24.0 Å².